The van der Waals surface area contributed by atoms with E-state index in [0.29, 0.717) is 12.0 Å². The molecule has 4 heteroatoms. The molecule has 0 aliphatic carbocycles. The lowest BCUT2D eigenvalue weighted by Gasteiger charge is -2.21. The molecule has 1 atom stereocenters. The number of nitrogens with zero attached hydrogens (tertiary/aromatic N) is 2. The van der Waals surface area contributed by atoms with Gasteiger partial charge in [0.1, 0.15) is 0 Å². The zero-order chi connectivity index (χ0) is 15.2. The fourth-order valence-electron chi connectivity index (χ4n) is 2.52. The van der Waals surface area contributed by atoms with Gasteiger partial charge in [0.15, 0.2) is 0 Å². The van der Waals surface area contributed by atoms with E-state index in [0.717, 1.165) is 19.4 Å². The summed E-state index contributed by atoms with van der Waals surface area (Å²) in [6, 6.07) is 11.1. The Kier molecular flexibility index (Phi) is 6.00. The van der Waals surface area contributed by atoms with E-state index in [4.69, 9.17) is 0 Å². The quantitative estimate of drug-likeness (QED) is 0.821. The van der Waals surface area contributed by atoms with E-state index in [2.05, 4.69) is 70.5 Å². The summed E-state index contributed by atoms with van der Waals surface area (Å²) >= 11 is 3.69. The van der Waals surface area contributed by atoms with Crippen LogP contribution in [-0.2, 0) is 13.5 Å². The summed E-state index contributed by atoms with van der Waals surface area (Å²) in [5.74, 6) is 0.498. The third kappa shape index (κ3) is 4.68. The van der Waals surface area contributed by atoms with E-state index in [1.165, 1.54) is 15.7 Å². The highest BCUT2D eigenvalue weighted by atomic mass is 79.9. The smallest absolute Gasteiger partial charge is 0.0492 e. The Balaban J connectivity index is 2.09. The highest BCUT2D eigenvalue weighted by Gasteiger charge is 2.15. The number of hydrogen-bond donors (Lipinski definition) is 1. The molecule has 2 aromatic rings. The van der Waals surface area contributed by atoms with Crippen LogP contribution < -0.4 is 5.32 Å². The second-order valence-corrected chi connectivity index (χ2v) is 6.62. The Bertz CT molecular complexity index is 563. The third-order valence-corrected chi connectivity index (χ3v) is 4.51. The molecule has 1 aromatic carbocycles. The summed E-state index contributed by atoms with van der Waals surface area (Å²) in [5.41, 5.74) is 2.67. The van der Waals surface area contributed by atoms with E-state index in [1.807, 2.05) is 17.9 Å². The average molecular weight is 350 g/mol. The summed E-state index contributed by atoms with van der Waals surface area (Å²) in [6.45, 7) is 5.38. The molecule has 0 saturated carbocycles. The van der Waals surface area contributed by atoms with Crippen molar-refractivity contribution in [1.82, 2.24) is 15.1 Å². The van der Waals surface area contributed by atoms with Crippen LogP contribution in [0.4, 0.5) is 0 Å². The summed E-state index contributed by atoms with van der Waals surface area (Å²) in [6.07, 6.45) is 4.03. The van der Waals surface area contributed by atoms with Gasteiger partial charge < -0.3 is 5.32 Å². The molecule has 0 aliphatic heterocycles. The summed E-state index contributed by atoms with van der Waals surface area (Å²) in [4.78, 5) is 0. The van der Waals surface area contributed by atoms with Crippen LogP contribution in [0.3, 0.4) is 0 Å². The van der Waals surface area contributed by atoms with Crippen LogP contribution in [0.15, 0.2) is 41.0 Å². The Morgan fingerprint density at radius 3 is 2.62 bits per heavy atom. The van der Waals surface area contributed by atoms with Gasteiger partial charge in [-0.05, 0) is 36.5 Å². The molecule has 1 N–H and O–H groups in total. The first-order valence-electron chi connectivity index (χ1n) is 7.52. The first kappa shape index (κ1) is 16.2. The maximum Gasteiger partial charge on any atom is 0.0492 e. The lowest BCUT2D eigenvalue weighted by atomic mass is 9.93. The van der Waals surface area contributed by atoms with Crippen molar-refractivity contribution in [3.05, 3.63) is 52.3 Å². The predicted octanol–water partition coefficient (Wildman–Crippen LogP) is 3.90. The predicted molar refractivity (Wildman–Crippen MR) is 91.6 cm³/mol. The van der Waals surface area contributed by atoms with Gasteiger partial charge in [0.2, 0.25) is 0 Å². The number of aromatic nitrogens is 2. The number of rotatable bonds is 7. The normalized spacial score (nSPS) is 12.8. The van der Waals surface area contributed by atoms with E-state index < -0.39 is 0 Å². The van der Waals surface area contributed by atoms with E-state index in [9.17, 15) is 0 Å². The second kappa shape index (κ2) is 7.76. The van der Waals surface area contributed by atoms with Gasteiger partial charge in [-0.1, -0.05) is 48.0 Å². The van der Waals surface area contributed by atoms with Crippen LogP contribution in [-0.4, -0.2) is 22.4 Å². The Morgan fingerprint density at radius 2 is 2.00 bits per heavy atom. The fraction of sp³-hybridized carbons (Fsp3) is 0.471. The van der Waals surface area contributed by atoms with Crippen molar-refractivity contribution in [3.8, 4) is 0 Å². The maximum absolute atomic E-state index is 4.25. The molecule has 0 aliphatic rings. The van der Waals surface area contributed by atoms with Gasteiger partial charge >= 0.3 is 0 Å². The van der Waals surface area contributed by atoms with Crippen LogP contribution in [0.1, 0.15) is 37.4 Å². The highest BCUT2D eigenvalue weighted by Crippen LogP contribution is 2.28. The first-order valence-corrected chi connectivity index (χ1v) is 8.32. The monoisotopic (exact) mass is 349 g/mol. The van der Waals surface area contributed by atoms with Crippen molar-refractivity contribution in [2.45, 2.75) is 38.6 Å². The van der Waals surface area contributed by atoms with Gasteiger partial charge in [-0.15, -0.1) is 0 Å². The molecule has 2 rings (SSSR count). The summed E-state index contributed by atoms with van der Waals surface area (Å²) < 4.78 is 3.16. The number of halogens is 1. The minimum atomic E-state index is 0.498. The molecular weight excluding hydrogens is 326 g/mol. The average Bonchev–Trinajstić information content (AvgIpc) is 2.85. The molecule has 0 spiro atoms. The lowest BCUT2D eigenvalue weighted by Crippen LogP contribution is -2.28. The van der Waals surface area contributed by atoms with E-state index in [1.54, 1.807) is 0 Å². The first-order chi connectivity index (χ1) is 10.1. The maximum atomic E-state index is 4.25. The Labute approximate surface area is 135 Å². The van der Waals surface area contributed by atoms with Crippen LogP contribution in [0.25, 0.3) is 0 Å². The molecule has 114 valence electrons. The van der Waals surface area contributed by atoms with Gasteiger partial charge in [0, 0.05) is 36.0 Å². The molecule has 1 aromatic heterocycles. The number of benzene rings is 1. The SMILES string of the molecule is CC(C)NCC(CCc1ccnn1C)c1ccccc1Br. The van der Waals surface area contributed by atoms with Crippen molar-refractivity contribution in [2.24, 2.45) is 7.05 Å². The second-order valence-electron chi connectivity index (χ2n) is 5.77. The third-order valence-electron chi connectivity index (χ3n) is 3.79. The topological polar surface area (TPSA) is 29.9 Å². The zero-order valence-electron chi connectivity index (χ0n) is 13.0. The van der Waals surface area contributed by atoms with Gasteiger partial charge in [0.05, 0.1) is 0 Å². The van der Waals surface area contributed by atoms with Crippen LogP contribution in [0.5, 0.6) is 0 Å². The molecule has 0 bridgehead atoms. The van der Waals surface area contributed by atoms with Crippen molar-refractivity contribution < 1.29 is 0 Å². The Hall–Kier alpha value is -1.13. The molecule has 0 saturated heterocycles. The standard InChI is InChI=1S/C17H24BrN3/c1-13(2)19-12-14(16-6-4-5-7-17(16)18)8-9-15-10-11-20-21(15)3/h4-7,10-11,13-14,19H,8-9,12H2,1-3H3. The summed E-state index contributed by atoms with van der Waals surface area (Å²) in [5, 5.41) is 7.82. The molecule has 1 heterocycles. The minimum absolute atomic E-state index is 0.498. The van der Waals surface area contributed by atoms with Gasteiger partial charge in [-0.3, -0.25) is 4.68 Å². The van der Waals surface area contributed by atoms with Crippen molar-refractivity contribution in [3.63, 3.8) is 0 Å². The van der Waals surface area contributed by atoms with Crippen LogP contribution in [0.2, 0.25) is 0 Å². The number of hydrogen-bond acceptors (Lipinski definition) is 2. The number of nitrogens with one attached hydrogen (secondary N) is 1. The van der Waals surface area contributed by atoms with Crippen LogP contribution >= 0.6 is 15.9 Å². The van der Waals surface area contributed by atoms with Crippen molar-refractivity contribution in [2.75, 3.05) is 6.54 Å². The molecule has 0 amide bonds. The minimum Gasteiger partial charge on any atom is -0.314 e. The van der Waals surface area contributed by atoms with Gasteiger partial charge in [0.25, 0.3) is 0 Å². The van der Waals surface area contributed by atoms with Crippen molar-refractivity contribution >= 4 is 15.9 Å². The lowest BCUT2D eigenvalue weighted by molar-refractivity contribution is 0.502. The molecule has 3 nitrogen and oxygen atoms in total. The molecular formula is C17H24BrN3. The molecule has 21 heavy (non-hydrogen) atoms. The Morgan fingerprint density at radius 1 is 1.24 bits per heavy atom. The summed E-state index contributed by atoms with van der Waals surface area (Å²) in [7, 11) is 2.01. The van der Waals surface area contributed by atoms with Crippen molar-refractivity contribution in [1.29, 1.82) is 0 Å². The fourth-order valence-corrected chi connectivity index (χ4v) is 3.13. The molecule has 1 unspecified atom stereocenters. The van der Waals surface area contributed by atoms with E-state index >= 15 is 0 Å². The number of aryl methyl sites for hydroxylation is 2. The van der Waals surface area contributed by atoms with Gasteiger partial charge in [-0.2, -0.15) is 5.10 Å². The zero-order valence-corrected chi connectivity index (χ0v) is 14.6. The van der Waals surface area contributed by atoms with Gasteiger partial charge in [-0.25, -0.2) is 0 Å². The van der Waals surface area contributed by atoms with Crippen LogP contribution in [0, 0.1) is 0 Å². The van der Waals surface area contributed by atoms with E-state index in [-0.39, 0.29) is 0 Å². The molecule has 0 fully saturated rings. The molecule has 0 radical (unpaired) electrons. The largest absolute Gasteiger partial charge is 0.314 e. The highest BCUT2D eigenvalue weighted by molar-refractivity contribution is 9.10.